The van der Waals surface area contributed by atoms with Crippen molar-refractivity contribution in [2.75, 3.05) is 5.75 Å². The van der Waals surface area contributed by atoms with E-state index >= 15 is 0 Å². The van der Waals surface area contributed by atoms with Crippen molar-refractivity contribution in [3.63, 3.8) is 0 Å². The van der Waals surface area contributed by atoms with Crippen LogP contribution in [0.5, 0.6) is 0 Å². The molecule has 0 bridgehead atoms. The van der Waals surface area contributed by atoms with Crippen molar-refractivity contribution in [1.82, 2.24) is 0 Å². The first-order valence-corrected chi connectivity index (χ1v) is 5.03. The Balaban J connectivity index is 2.73. The minimum absolute atomic E-state index is 0.0676. The van der Waals surface area contributed by atoms with Gasteiger partial charge in [0.1, 0.15) is 0 Å². The first-order valence-electron chi connectivity index (χ1n) is 4.39. The van der Waals surface area contributed by atoms with E-state index in [9.17, 15) is 8.78 Å². The number of hydrogen-bond donors (Lipinski definition) is 1. The lowest BCUT2D eigenvalue weighted by Crippen LogP contribution is -1.83. The number of allylic oxidation sites excluding steroid dienone is 1. The Hall–Kier alpha value is -0.830. The lowest BCUT2D eigenvalue weighted by atomic mass is 10.1. The molecule has 1 rings (SSSR count). The van der Waals surface area contributed by atoms with Gasteiger partial charge >= 0.3 is 0 Å². The van der Waals surface area contributed by atoms with E-state index in [4.69, 9.17) is 0 Å². The minimum Gasteiger partial charge on any atom is -0.205 e. The van der Waals surface area contributed by atoms with E-state index in [0.29, 0.717) is 0 Å². The molecule has 76 valence electrons. The maximum absolute atomic E-state index is 12.3. The third kappa shape index (κ3) is 3.50. The summed E-state index contributed by atoms with van der Waals surface area (Å²) in [5.41, 5.74) is 0.877. The summed E-state index contributed by atoms with van der Waals surface area (Å²) in [6.45, 7) is 0. The summed E-state index contributed by atoms with van der Waals surface area (Å²) in [6.07, 6.45) is 2.22. The van der Waals surface area contributed by atoms with Gasteiger partial charge in [0.15, 0.2) is 0 Å². The van der Waals surface area contributed by atoms with Gasteiger partial charge in [-0.25, -0.2) is 8.78 Å². The number of halogens is 2. The van der Waals surface area contributed by atoms with Crippen LogP contribution in [0.25, 0.3) is 6.08 Å². The van der Waals surface area contributed by atoms with E-state index in [1.54, 1.807) is 12.1 Å². The second-order valence-electron chi connectivity index (χ2n) is 2.89. The molecule has 0 saturated heterocycles. The summed E-state index contributed by atoms with van der Waals surface area (Å²) in [5.74, 6) is 0.769. The van der Waals surface area contributed by atoms with Crippen molar-refractivity contribution in [3.05, 3.63) is 41.5 Å². The lowest BCUT2D eigenvalue weighted by Gasteiger charge is -2.00. The molecule has 0 aromatic heterocycles. The summed E-state index contributed by atoms with van der Waals surface area (Å²) in [7, 11) is 0. The molecule has 0 heterocycles. The second-order valence-corrected chi connectivity index (χ2v) is 3.33. The molecule has 0 unspecified atom stereocenters. The summed E-state index contributed by atoms with van der Waals surface area (Å²) in [5, 5.41) is 0. The van der Waals surface area contributed by atoms with Crippen LogP contribution in [0.4, 0.5) is 8.78 Å². The van der Waals surface area contributed by atoms with Crippen LogP contribution in [0.3, 0.4) is 0 Å². The van der Waals surface area contributed by atoms with Crippen LogP contribution in [0, 0.1) is 0 Å². The van der Waals surface area contributed by atoms with Crippen molar-refractivity contribution >= 4 is 18.7 Å². The number of benzene rings is 1. The highest BCUT2D eigenvalue weighted by molar-refractivity contribution is 7.80. The van der Waals surface area contributed by atoms with Crippen molar-refractivity contribution in [1.29, 1.82) is 0 Å². The Morgan fingerprint density at radius 1 is 1.36 bits per heavy atom. The zero-order valence-corrected chi connectivity index (χ0v) is 8.55. The first-order chi connectivity index (χ1) is 6.74. The monoisotopic (exact) mass is 214 g/mol. The van der Waals surface area contributed by atoms with Crippen molar-refractivity contribution < 1.29 is 8.78 Å². The Morgan fingerprint density at radius 2 is 2.14 bits per heavy atom. The van der Waals surface area contributed by atoms with E-state index in [2.05, 4.69) is 12.6 Å². The Kier molecular flexibility index (Phi) is 4.66. The van der Waals surface area contributed by atoms with Crippen LogP contribution in [0.15, 0.2) is 30.3 Å². The fourth-order valence-electron chi connectivity index (χ4n) is 1.09. The molecule has 0 nitrogen and oxygen atoms in total. The van der Waals surface area contributed by atoms with Gasteiger partial charge in [0, 0.05) is 5.56 Å². The molecule has 0 amide bonds. The van der Waals surface area contributed by atoms with Crippen LogP contribution in [-0.4, -0.2) is 5.75 Å². The van der Waals surface area contributed by atoms with Gasteiger partial charge in [-0.1, -0.05) is 30.4 Å². The standard InChI is InChI=1S/C11H12F2S/c12-11(13)10-6-3-5-9(8-10)4-1-2-7-14/h1,3-6,8,11,14H,2,7H2. The largest absolute Gasteiger partial charge is 0.263 e. The predicted octanol–water partition coefficient (Wildman–Crippen LogP) is 3.96. The van der Waals surface area contributed by atoms with Gasteiger partial charge in [-0.2, -0.15) is 12.6 Å². The lowest BCUT2D eigenvalue weighted by molar-refractivity contribution is 0.151. The quantitative estimate of drug-likeness (QED) is 0.721. The average molecular weight is 214 g/mol. The van der Waals surface area contributed by atoms with Crippen molar-refractivity contribution in [2.45, 2.75) is 12.8 Å². The van der Waals surface area contributed by atoms with E-state index in [1.165, 1.54) is 12.1 Å². The van der Waals surface area contributed by atoms with Gasteiger partial charge in [-0.05, 0) is 23.8 Å². The molecular weight excluding hydrogens is 202 g/mol. The van der Waals surface area contributed by atoms with E-state index < -0.39 is 6.43 Å². The van der Waals surface area contributed by atoms with E-state index in [1.807, 2.05) is 12.2 Å². The van der Waals surface area contributed by atoms with Crippen LogP contribution in [-0.2, 0) is 0 Å². The fraction of sp³-hybridized carbons (Fsp3) is 0.273. The molecule has 0 atom stereocenters. The summed E-state index contributed by atoms with van der Waals surface area (Å²) >= 11 is 4.05. The normalized spacial score (nSPS) is 11.4. The highest BCUT2D eigenvalue weighted by atomic mass is 32.1. The second kappa shape index (κ2) is 5.81. The summed E-state index contributed by atoms with van der Waals surface area (Å²) in [4.78, 5) is 0. The van der Waals surface area contributed by atoms with Gasteiger partial charge in [0.25, 0.3) is 6.43 Å². The molecule has 0 spiro atoms. The molecule has 0 saturated carbocycles. The third-order valence-corrected chi connectivity index (χ3v) is 2.03. The molecule has 0 radical (unpaired) electrons. The number of thiol groups is 1. The Bertz CT molecular complexity index is 308. The molecule has 3 heteroatoms. The zero-order valence-electron chi connectivity index (χ0n) is 7.66. The topological polar surface area (TPSA) is 0 Å². The maximum atomic E-state index is 12.3. The predicted molar refractivity (Wildman–Crippen MR) is 58.9 cm³/mol. The number of rotatable bonds is 4. The van der Waals surface area contributed by atoms with Crippen molar-refractivity contribution in [2.24, 2.45) is 0 Å². The van der Waals surface area contributed by atoms with Crippen LogP contribution in [0.1, 0.15) is 24.0 Å². The Morgan fingerprint density at radius 3 is 2.79 bits per heavy atom. The van der Waals surface area contributed by atoms with Gasteiger partial charge in [0.2, 0.25) is 0 Å². The number of alkyl halides is 2. The fourth-order valence-corrected chi connectivity index (χ4v) is 1.24. The van der Waals surface area contributed by atoms with Gasteiger partial charge < -0.3 is 0 Å². The number of hydrogen-bond acceptors (Lipinski definition) is 1. The molecular formula is C11H12F2S. The molecule has 0 fully saturated rings. The molecule has 1 aromatic rings. The summed E-state index contributed by atoms with van der Waals surface area (Å²) in [6, 6.07) is 6.38. The van der Waals surface area contributed by atoms with Gasteiger partial charge in [0.05, 0.1) is 0 Å². The van der Waals surface area contributed by atoms with Crippen LogP contribution in [0.2, 0.25) is 0 Å². The van der Waals surface area contributed by atoms with Crippen LogP contribution < -0.4 is 0 Å². The zero-order chi connectivity index (χ0) is 10.4. The Labute approximate surface area is 88.1 Å². The molecule has 1 aromatic carbocycles. The molecule has 0 aliphatic rings. The molecule has 14 heavy (non-hydrogen) atoms. The minimum atomic E-state index is -2.40. The maximum Gasteiger partial charge on any atom is 0.263 e. The van der Waals surface area contributed by atoms with Crippen molar-refractivity contribution in [3.8, 4) is 0 Å². The van der Waals surface area contributed by atoms with E-state index in [0.717, 1.165) is 17.7 Å². The average Bonchev–Trinajstić information content (AvgIpc) is 2.19. The highest BCUT2D eigenvalue weighted by Gasteiger charge is 2.05. The first kappa shape index (κ1) is 11.2. The summed E-state index contributed by atoms with van der Waals surface area (Å²) < 4.78 is 24.6. The SMILES string of the molecule is FC(F)c1cccc(C=CCCS)c1. The molecule has 0 N–H and O–H groups in total. The smallest absolute Gasteiger partial charge is 0.205 e. The highest BCUT2D eigenvalue weighted by Crippen LogP contribution is 2.19. The van der Waals surface area contributed by atoms with Gasteiger partial charge in [-0.3, -0.25) is 0 Å². The molecule has 0 aliphatic heterocycles. The molecule has 0 aliphatic carbocycles. The van der Waals surface area contributed by atoms with Crippen LogP contribution >= 0.6 is 12.6 Å². The van der Waals surface area contributed by atoms with E-state index in [-0.39, 0.29) is 5.56 Å². The third-order valence-electron chi connectivity index (χ3n) is 1.77. The van der Waals surface area contributed by atoms with Gasteiger partial charge in [-0.15, -0.1) is 0 Å².